The van der Waals surface area contributed by atoms with Gasteiger partial charge in [0.1, 0.15) is 12.4 Å². The summed E-state index contributed by atoms with van der Waals surface area (Å²) < 4.78 is 2.07. The van der Waals surface area contributed by atoms with Crippen molar-refractivity contribution < 1.29 is 0 Å². The summed E-state index contributed by atoms with van der Waals surface area (Å²) in [5, 5.41) is 3.19. The number of nitrogens with one attached hydrogen (secondary N) is 1. The SMILES string of the molecule is Cc1ccc2c(c1)nc(CN=C(N)Nc1ccc3c(c1)CCC3)n2C.I. The second-order valence-electron chi connectivity index (χ2n) is 6.74. The minimum atomic E-state index is 0. The van der Waals surface area contributed by atoms with Crippen molar-refractivity contribution in [2.24, 2.45) is 17.8 Å². The van der Waals surface area contributed by atoms with E-state index in [4.69, 9.17) is 5.73 Å². The van der Waals surface area contributed by atoms with E-state index in [2.05, 4.69) is 63.2 Å². The fourth-order valence-electron chi connectivity index (χ4n) is 3.49. The summed E-state index contributed by atoms with van der Waals surface area (Å²) in [5.41, 5.74) is 13.3. The fraction of sp³-hybridized carbons (Fsp3) is 0.300. The molecule has 3 N–H and O–H groups in total. The Morgan fingerprint density at radius 2 is 2.00 bits per heavy atom. The van der Waals surface area contributed by atoms with Crippen molar-refractivity contribution in [1.82, 2.24) is 9.55 Å². The zero-order valence-electron chi connectivity index (χ0n) is 15.1. The van der Waals surface area contributed by atoms with Gasteiger partial charge < -0.3 is 15.6 Å². The highest BCUT2D eigenvalue weighted by atomic mass is 127. The number of imidazole rings is 1. The highest BCUT2D eigenvalue weighted by molar-refractivity contribution is 14.0. The molecule has 3 aromatic rings. The van der Waals surface area contributed by atoms with Gasteiger partial charge in [-0.3, -0.25) is 0 Å². The minimum Gasteiger partial charge on any atom is -0.370 e. The third kappa shape index (κ3) is 3.70. The van der Waals surface area contributed by atoms with Gasteiger partial charge in [0.25, 0.3) is 0 Å². The van der Waals surface area contributed by atoms with E-state index in [0.717, 1.165) is 29.0 Å². The molecule has 0 spiro atoms. The van der Waals surface area contributed by atoms with E-state index in [1.807, 2.05) is 7.05 Å². The van der Waals surface area contributed by atoms with Crippen LogP contribution in [0.15, 0.2) is 41.4 Å². The topological polar surface area (TPSA) is 68.2 Å². The van der Waals surface area contributed by atoms with Gasteiger partial charge in [-0.05, 0) is 67.1 Å². The fourth-order valence-corrected chi connectivity index (χ4v) is 3.49. The second-order valence-corrected chi connectivity index (χ2v) is 6.74. The maximum atomic E-state index is 6.07. The van der Waals surface area contributed by atoms with Crippen LogP contribution >= 0.6 is 24.0 Å². The van der Waals surface area contributed by atoms with Crippen molar-refractivity contribution in [2.45, 2.75) is 32.7 Å². The zero-order valence-corrected chi connectivity index (χ0v) is 17.5. The van der Waals surface area contributed by atoms with Gasteiger partial charge in [0, 0.05) is 12.7 Å². The summed E-state index contributed by atoms with van der Waals surface area (Å²) in [6, 6.07) is 12.7. The van der Waals surface area contributed by atoms with Gasteiger partial charge in [-0.15, -0.1) is 24.0 Å². The first kappa shape index (κ1) is 18.7. The predicted molar refractivity (Wildman–Crippen MR) is 118 cm³/mol. The van der Waals surface area contributed by atoms with Crippen molar-refractivity contribution >= 4 is 46.7 Å². The number of nitrogens with zero attached hydrogens (tertiary/aromatic N) is 3. The molecule has 0 amide bonds. The normalized spacial score (nSPS) is 13.5. The number of benzene rings is 2. The zero-order chi connectivity index (χ0) is 17.4. The highest BCUT2D eigenvalue weighted by Gasteiger charge is 2.11. The largest absolute Gasteiger partial charge is 0.370 e. The van der Waals surface area contributed by atoms with Crippen LogP contribution in [0.3, 0.4) is 0 Å². The number of hydrogen-bond donors (Lipinski definition) is 2. The highest BCUT2D eigenvalue weighted by Crippen LogP contribution is 2.24. The summed E-state index contributed by atoms with van der Waals surface area (Å²) in [5.74, 6) is 1.32. The molecule has 136 valence electrons. The molecule has 1 heterocycles. The van der Waals surface area contributed by atoms with E-state index in [1.165, 1.54) is 29.5 Å². The van der Waals surface area contributed by atoms with Gasteiger partial charge in [0.15, 0.2) is 5.96 Å². The molecule has 0 bridgehead atoms. The Labute approximate surface area is 170 Å². The molecule has 6 heteroatoms. The molecule has 0 fully saturated rings. The smallest absolute Gasteiger partial charge is 0.193 e. The lowest BCUT2D eigenvalue weighted by Crippen LogP contribution is -2.23. The molecular formula is C20H24IN5. The van der Waals surface area contributed by atoms with Crippen molar-refractivity contribution in [3.8, 4) is 0 Å². The first-order valence-corrected chi connectivity index (χ1v) is 8.71. The predicted octanol–water partition coefficient (Wildman–Crippen LogP) is 3.92. The summed E-state index contributed by atoms with van der Waals surface area (Å²) in [4.78, 5) is 9.13. The first-order valence-electron chi connectivity index (χ1n) is 8.71. The van der Waals surface area contributed by atoms with Crippen LogP contribution in [0.4, 0.5) is 5.69 Å². The summed E-state index contributed by atoms with van der Waals surface area (Å²) in [6.07, 6.45) is 3.58. The molecule has 26 heavy (non-hydrogen) atoms. The van der Waals surface area contributed by atoms with Crippen LogP contribution in [0.1, 0.15) is 28.9 Å². The molecule has 1 aromatic heterocycles. The quantitative estimate of drug-likeness (QED) is 0.353. The van der Waals surface area contributed by atoms with Crippen LogP contribution < -0.4 is 11.1 Å². The first-order chi connectivity index (χ1) is 12.1. The van der Waals surface area contributed by atoms with Gasteiger partial charge in [0.2, 0.25) is 0 Å². The van der Waals surface area contributed by atoms with Crippen LogP contribution in [0.25, 0.3) is 11.0 Å². The Hall–Kier alpha value is -2.09. The van der Waals surface area contributed by atoms with Crippen LogP contribution in [-0.4, -0.2) is 15.5 Å². The average molecular weight is 461 g/mol. The molecule has 0 atom stereocenters. The van der Waals surface area contributed by atoms with Crippen molar-refractivity contribution in [1.29, 1.82) is 0 Å². The molecule has 0 saturated heterocycles. The van der Waals surface area contributed by atoms with Crippen LogP contribution in [0.2, 0.25) is 0 Å². The van der Waals surface area contributed by atoms with Crippen LogP contribution in [0.5, 0.6) is 0 Å². The molecule has 0 saturated carbocycles. The maximum absolute atomic E-state index is 6.07. The molecule has 4 rings (SSSR count). The monoisotopic (exact) mass is 461 g/mol. The van der Waals surface area contributed by atoms with E-state index >= 15 is 0 Å². The molecule has 5 nitrogen and oxygen atoms in total. The number of fused-ring (bicyclic) bond motifs is 2. The summed E-state index contributed by atoms with van der Waals surface area (Å²) >= 11 is 0. The van der Waals surface area contributed by atoms with Gasteiger partial charge in [0.05, 0.1) is 11.0 Å². The van der Waals surface area contributed by atoms with Gasteiger partial charge in [-0.1, -0.05) is 12.1 Å². The third-order valence-corrected chi connectivity index (χ3v) is 4.89. The Morgan fingerprint density at radius 3 is 2.85 bits per heavy atom. The van der Waals surface area contributed by atoms with Crippen molar-refractivity contribution in [3.05, 3.63) is 58.9 Å². The lowest BCUT2D eigenvalue weighted by Gasteiger charge is -2.08. The summed E-state index contributed by atoms with van der Waals surface area (Å²) in [7, 11) is 2.01. The number of halogens is 1. The number of anilines is 1. The lowest BCUT2D eigenvalue weighted by atomic mass is 10.1. The van der Waals surface area contributed by atoms with Crippen LogP contribution in [0, 0.1) is 6.92 Å². The molecule has 0 unspecified atom stereocenters. The second kappa shape index (κ2) is 7.65. The average Bonchev–Trinajstić information content (AvgIpc) is 3.17. The van der Waals surface area contributed by atoms with Gasteiger partial charge in [-0.25, -0.2) is 9.98 Å². The Bertz CT molecular complexity index is 974. The van der Waals surface area contributed by atoms with Gasteiger partial charge in [-0.2, -0.15) is 0 Å². The molecule has 1 aliphatic rings. The van der Waals surface area contributed by atoms with E-state index in [0.29, 0.717) is 12.5 Å². The Morgan fingerprint density at radius 1 is 1.19 bits per heavy atom. The number of rotatable bonds is 3. The number of aromatic nitrogens is 2. The lowest BCUT2D eigenvalue weighted by molar-refractivity contribution is 0.812. The van der Waals surface area contributed by atoms with Crippen molar-refractivity contribution in [3.63, 3.8) is 0 Å². The Balaban J connectivity index is 0.00000196. The van der Waals surface area contributed by atoms with Crippen LogP contribution in [-0.2, 0) is 26.4 Å². The van der Waals surface area contributed by atoms with E-state index in [9.17, 15) is 0 Å². The third-order valence-electron chi connectivity index (χ3n) is 4.89. The molecular weight excluding hydrogens is 437 g/mol. The number of guanidine groups is 1. The van der Waals surface area contributed by atoms with E-state index < -0.39 is 0 Å². The van der Waals surface area contributed by atoms with E-state index in [1.54, 1.807) is 0 Å². The number of aliphatic imine (C=N–C) groups is 1. The molecule has 0 aliphatic heterocycles. The number of hydrogen-bond acceptors (Lipinski definition) is 2. The number of aryl methyl sites for hydroxylation is 4. The summed E-state index contributed by atoms with van der Waals surface area (Å²) in [6.45, 7) is 2.53. The van der Waals surface area contributed by atoms with Gasteiger partial charge >= 0.3 is 0 Å². The Kier molecular flexibility index (Phi) is 5.50. The van der Waals surface area contributed by atoms with Crippen molar-refractivity contribution in [2.75, 3.05) is 5.32 Å². The number of nitrogens with two attached hydrogens (primary N) is 1. The molecule has 0 radical (unpaired) electrons. The molecule has 2 aromatic carbocycles. The minimum absolute atomic E-state index is 0. The maximum Gasteiger partial charge on any atom is 0.193 e. The molecule has 1 aliphatic carbocycles. The van der Waals surface area contributed by atoms with E-state index in [-0.39, 0.29) is 24.0 Å². The standard InChI is InChI=1S/C20H23N5.HI/c1-13-6-9-18-17(10-13)24-19(25(18)2)12-22-20(21)23-16-8-7-14-4-3-5-15(14)11-16;/h6-11H,3-5,12H2,1-2H3,(H3,21,22,23);1H.